The number of aliphatic hydroxyl groups is 3. The van der Waals surface area contributed by atoms with E-state index in [-0.39, 0.29) is 53.8 Å². The molecule has 29 heteroatoms. The Kier molecular flexibility index (Phi) is 19.6. The van der Waals surface area contributed by atoms with Crippen molar-refractivity contribution in [1.82, 2.24) is 30.2 Å². The fourth-order valence-electron chi connectivity index (χ4n) is 5.22. The first kappa shape index (κ1) is 51.4. The summed E-state index contributed by atoms with van der Waals surface area (Å²) in [4.78, 5) is 87.8. The summed E-state index contributed by atoms with van der Waals surface area (Å²) >= 11 is 0.957. The van der Waals surface area contributed by atoms with Gasteiger partial charge in [-0.2, -0.15) is 4.31 Å². The molecule has 0 spiro atoms. The lowest BCUT2D eigenvalue weighted by Gasteiger charge is -2.30. The average Bonchev–Trinajstić information content (AvgIpc) is 3.71. The number of phosphoric acid groups is 3. The van der Waals surface area contributed by atoms with Gasteiger partial charge in [0.25, 0.3) is 0 Å². The van der Waals surface area contributed by atoms with Crippen LogP contribution in [0.15, 0.2) is 37.0 Å². The van der Waals surface area contributed by atoms with E-state index in [4.69, 9.17) is 19.5 Å². The number of carbonyl (C=O) groups excluding carboxylic acids is 3. The highest BCUT2D eigenvalue weighted by atomic mass is 32.2. The van der Waals surface area contributed by atoms with Crippen LogP contribution in [0.2, 0.25) is 0 Å². The summed E-state index contributed by atoms with van der Waals surface area (Å²) in [5.41, 5.74) is 4.23. The first-order chi connectivity index (χ1) is 27.9. The van der Waals surface area contributed by atoms with E-state index < -0.39 is 90.7 Å². The second kappa shape index (κ2) is 22.9. The molecule has 25 nitrogen and oxygen atoms in total. The molecule has 1 aliphatic rings. The highest BCUT2D eigenvalue weighted by molar-refractivity contribution is 8.13. The highest BCUT2D eigenvalue weighted by Gasteiger charge is 2.50. The third-order valence-electron chi connectivity index (χ3n) is 8.27. The molecule has 338 valence electrons. The van der Waals surface area contributed by atoms with E-state index in [0.717, 1.165) is 29.0 Å². The minimum atomic E-state index is -5.58. The molecule has 0 radical (unpaired) electrons. The number of allylic oxidation sites excluding steroid dienone is 4. The number of carbonyl (C=O) groups is 3. The van der Waals surface area contributed by atoms with Crippen molar-refractivity contribution in [3.63, 3.8) is 0 Å². The van der Waals surface area contributed by atoms with Gasteiger partial charge in [-0.05, 0) is 19.8 Å². The number of phosphoric ester groups is 3. The van der Waals surface area contributed by atoms with Crippen LogP contribution >= 0.6 is 35.2 Å². The molecule has 2 aromatic rings. The van der Waals surface area contributed by atoms with Gasteiger partial charge in [-0.1, -0.05) is 49.9 Å². The number of hydrogen-bond donors (Lipinski definition) is 10. The van der Waals surface area contributed by atoms with Gasteiger partial charge in [0.2, 0.25) is 11.8 Å². The van der Waals surface area contributed by atoms with Crippen LogP contribution in [0.25, 0.3) is 11.2 Å². The lowest BCUT2D eigenvalue weighted by Crippen LogP contribution is -2.46. The molecule has 60 heavy (non-hydrogen) atoms. The molecule has 11 N–H and O–H groups in total. The SMILES string of the molecule is C/C=C/C=C/CCC(O)CC(=O)SCCNC(=O)CCNC(=O)C(O)C(C)(C)COP(=O)(O)OP(=O)(O)OCC1OC(n2cnc3c(N)ncnc32)C(O)C1OP(=O)(O)O. The zero-order chi connectivity index (χ0) is 44.9. The van der Waals surface area contributed by atoms with Gasteiger partial charge < -0.3 is 56.0 Å². The molecule has 2 aromatic heterocycles. The molecule has 2 amide bonds. The van der Waals surface area contributed by atoms with Crippen LogP contribution < -0.4 is 16.4 Å². The number of hydrogen-bond acceptors (Lipinski definition) is 19. The van der Waals surface area contributed by atoms with Gasteiger partial charge in [0.15, 0.2) is 22.8 Å². The van der Waals surface area contributed by atoms with Crippen LogP contribution in [0.3, 0.4) is 0 Å². The fourth-order valence-corrected chi connectivity index (χ4v) is 8.79. The van der Waals surface area contributed by atoms with E-state index in [1.165, 1.54) is 13.8 Å². The molecule has 0 bridgehead atoms. The molecule has 0 aliphatic carbocycles. The fraction of sp³-hybridized carbons (Fsp3) is 0.613. The number of thioether (sulfide) groups is 1. The number of fused-ring (bicyclic) bond motifs is 1. The standard InChI is InChI=1S/C31H50N7O18P3S/c1-4-5-6-7-8-9-19(39)14-22(41)60-13-12-33-21(40)10-11-34-29(44)26(43)31(2,3)16-53-59(50,51)56-58(48,49)52-15-20-25(55-57(45,46)47)24(42)30(54-20)38-18-37-23-27(32)35-17-36-28(23)38/h4-7,17-20,24-26,30,39,42-43H,8-16H2,1-3H3,(H,33,40)(H,34,44)(H,48,49)(H,50,51)(H2,32,35,36)(H2,45,46,47)/b5-4+,7-6+. The maximum atomic E-state index is 12.7. The minimum Gasteiger partial charge on any atom is -0.393 e. The number of nitrogens with one attached hydrogen (secondary N) is 2. The van der Waals surface area contributed by atoms with Crippen LogP contribution in [0.1, 0.15) is 52.7 Å². The number of nitrogens with two attached hydrogens (primary N) is 1. The predicted octanol–water partition coefficient (Wildman–Crippen LogP) is 0.328. The largest absolute Gasteiger partial charge is 0.481 e. The molecule has 1 fully saturated rings. The summed E-state index contributed by atoms with van der Waals surface area (Å²) in [5.74, 6) is -1.27. The summed E-state index contributed by atoms with van der Waals surface area (Å²) in [6.45, 7) is 2.22. The Morgan fingerprint density at radius 1 is 1.05 bits per heavy atom. The van der Waals surface area contributed by atoms with Crippen molar-refractivity contribution in [2.24, 2.45) is 5.41 Å². The molecule has 8 unspecified atom stereocenters. The van der Waals surface area contributed by atoms with Crippen molar-refractivity contribution in [2.75, 3.05) is 37.8 Å². The smallest absolute Gasteiger partial charge is 0.393 e. The molecular formula is C31H50N7O18P3S. The minimum absolute atomic E-state index is 0.0250. The van der Waals surface area contributed by atoms with Crippen molar-refractivity contribution < 1.29 is 85.6 Å². The molecule has 0 saturated carbocycles. The Hall–Kier alpha value is -3.00. The van der Waals surface area contributed by atoms with Crippen molar-refractivity contribution in [3.8, 4) is 0 Å². The first-order valence-corrected chi connectivity index (χ1v) is 23.5. The predicted molar refractivity (Wildman–Crippen MR) is 211 cm³/mol. The Morgan fingerprint density at radius 2 is 1.75 bits per heavy atom. The van der Waals surface area contributed by atoms with Gasteiger partial charge >= 0.3 is 23.5 Å². The topological polar surface area (TPSA) is 384 Å². The van der Waals surface area contributed by atoms with Crippen LogP contribution in [0.5, 0.6) is 0 Å². The molecular weight excluding hydrogens is 883 g/mol. The molecule has 1 aliphatic heterocycles. The van der Waals surface area contributed by atoms with E-state index in [1.807, 2.05) is 31.2 Å². The summed E-state index contributed by atoms with van der Waals surface area (Å²) in [6.07, 6.45) is 0.672. The maximum absolute atomic E-state index is 12.7. The number of aliphatic hydroxyl groups excluding tert-OH is 3. The number of aromatic nitrogens is 4. The third-order valence-corrected chi connectivity index (χ3v) is 12.3. The Morgan fingerprint density at radius 3 is 2.43 bits per heavy atom. The van der Waals surface area contributed by atoms with Gasteiger partial charge in [0, 0.05) is 37.1 Å². The van der Waals surface area contributed by atoms with Crippen LogP contribution in [-0.4, -0.2) is 134 Å². The number of nitrogens with zero attached hydrogens (tertiary/aromatic N) is 4. The summed E-state index contributed by atoms with van der Waals surface area (Å²) in [7, 11) is -16.4. The summed E-state index contributed by atoms with van der Waals surface area (Å²) in [5, 5.41) is 36.1. The zero-order valence-corrected chi connectivity index (χ0v) is 36.0. The Balaban J connectivity index is 1.43. The molecule has 3 heterocycles. The zero-order valence-electron chi connectivity index (χ0n) is 32.5. The maximum Gasteiger partial charge on any atom is 0.481 e. The van der Waals surface area contributed by atoms with Crippen LogP contribution in [0, 0.1) is 5.41 Å². The van der Waals surface area contributed by atoms with Gasteiger partial charge in [-0.3, -0.25) is 32.5 Å². The summed E-state index contributed by atoms with van der Waals surface area (Å²) < 4.78 is 62.2. The van der Waals surface area contributed by atoms with Crippen molar-refractivity contribution in [3.05, 3.63) is 37.0 Å². The number of anilines is 1. The van der Waals surface area contributed by atoms with Gasteiger partial charge in [-0.25, -0.2) is 28.6 Å². The number of rotatable bonds is 25. The van der Waals surface area contributed by atoms with Crippen molar-refractivity contribution in [2.45, 2.75) is 83.2 Å². The number of nitrogen functional groups attached to an aromatic ring is 1. The highest BCUT2D eigenvalue weighted by Crippen LogP contribution is 2.61. The quantitative estimate of drug-likeness (QED) is 0.0364. The molecule has 3 rings (SSSR count). The van der Waals surface area contributed by atoms with E-state index in [2.05, 4.69) is 34.4 Å². The van der Waals surface area contributed by atoms with E-state index >= 15 is 0 Å². The summed E-state index contributed by atoms with van der Waals surface area (Å²) in [6, 6.07) is 0. The average molecular weight is 934 g/mol. The van der Waals surface area contributed by atoms with Crippen LogP contribution in [0.4, 0.5) is 5.82 Å². The third kappa shape index (κ3) is 16.7. The lowest BCUT2D eigenvalue weighted by atomic mass is 9.87. The second-order valence-electron chi connectivity index (χ2n) is 13.7. The van der Waals surface area contributed by atoms with E-state index in [1.54, 1.807) is 0 Å². The number of imidazole rings is 1. The van der Waals surface area contributed by atoms with Gasteiger partial charge in [-0.15, -0.1) is 0 Å². The lowest BCUT2D eigenvalue weighted by molar-refractivity contribution is -0.137. The molecule has 8 atom stereocenters. The monoisotopic (exact) mass is 933 g/mol. The second-order valence-corrected chi connectivity index (χ2v) is 19.1. The van der Waals surface area contributed by atoms with Gasteiger partial charge in [0.1, 0.15) is 36.3 Å². The van der Waals surface area contributed by atoms with E-state index in [0.29, 0.717) is 12.8 Å². The normalized spacial score (nSPS) is 21.8. The number of amides is 2. The molecule has 1 saturated heterocycles. The number of ether oxygens (including phenoxy) is 1. The van der Waals surface area contributed by atoms with Crippen molar-refractivity contribution >= 4 is 69.1 Å². The van der Waals surface area contributed by atoms with Crippen molar-refractivity contribution in [1.29, 1.82) is 0 Å². The first-order valence-electron chi connectivity index (χ1n) is 18.0. The van der Waals surface area contributed by atoms with Crippen LogP contribution in [-0.2, 0) is 50.7 Å². The van der Waals surface area contributed by atoms with Gasteiger partial charge in [0.05, 0.1) is 25.6 Å². The van der Waals surface area contributed by atoms with E-state index in [9.17, 15) is 63.0 Å². The Labute approximate surface area is 347 Å². The molecule has 0 aromatic carbocycles. The Bertz CT molecular complexity index is 1980.